The Morgan fingerprint density at radius 2 is 2.19 bits per heavy atom. The van der Waals surface area contributed by atoms with E-state index in [4.69, 9.17) is 4.74 Å². The molecular weight excluding hydrogens is 268 g/mol. The molecule has 1 saturated carbocycles. The third-order valence-corrected chi connectivity index (χ3v) is 4.52. The number of amides is 1. The average molecular weight is 288 g/mol. The van der Waals surface area contributed by atoms with Crippen LogP contribution in [0.15, 0.2) is 12.4 Å². The molecule has 112 valence electrons. The van der Waals surface area contributed by atoms with Gasteiger partial charge in [-0.1, -0.05) is 0 Å². The summed E-state index contributed by atoms with van der Waals surface area (Å²) in [6.45, 7) is 2.67. The predicted molar refractivity (Wildman–Crippen MR) is 76.0 cm³/mol. The molecule has 1 N–H and O–H groups in total. The van der Waals surface area contributed by atoms with Crippen LogP contribution in [0, 0.1) is 0 Å². The fourth-order valence-corrected chi connectivity index (χ4v) is 3.19. The lowest BCUT2D eigenvalue weighted by molar-refractivity contribution is -0.134. The molecule has 2 aliphatic heterocycles. The monoisotopic (exact) mass is 288 g/mol. The van der Waals surface area contributed by atoms with E-state index in [2.05, 4.69) is 15.3 Å². The number of hydrogen-bond donors (Lipinski definition) is 1. The van der Waals surface area contributed by atoms with Crippen molar-refractivity contribution in [2.75, 3.05) is 19.6 Å². The molecule has 0 spiro atoms. The number of rotatable bonds is 3. The Hall–Kier alpha value is -1.69. The number of aromatic nitrogens is 2. The highest BCUT2D eigenvalue weighted by Crippen LogP contribution is 2.38. The van der Waals surface area contributed by atoms with Crippen molar-refractivity contribution in [2.45, 2.75) is 43.7 Å². The van der Waals surface area contributed by atoms with Crippen molar-refractivity contribution in [1.29, 1.82) is 0 Å². The van der Waals surface area contributed by atoms with Gasteiger partial charge >= 0.3 is 0 Å². The van der Waals surface area contributed by atoms with E-state index >= 15 is 0 Å². The van der Waals surface area contributed by atoms with E-state index < -0.39 is 6.10 Å². The molecule has 0 bridgehead atoms. The highest BCUT2D eigenvalue weighted by atomic mass is 16.5. The standard InChI is InChI=1S/C15H20N4O2/c20-15-13(6-11-7-16-4-1-5-19(11)15)21-14-9-17-12(8-18-14)10-2-3-10/h8-11,13,16H,1-7H2/t11-,13+/m0/s1. The molecule has 2 saturated heterocycles. The summed E-state index contributed by atoms with van der Waals surface area (Å²) >= 11 is 0. The summed E-state index contributed by atoms with van der Waals surface area (Å²) in [7, 11) is 0. The maximum absolute atomic E-state index is 12.4. The fourth-order valence-electron chi connectivity index (χ4n) is 3.19. The lowest BCUT2D eigenvalue weighted by Crippen LogP contribution is -2.38. The molecule has 0 radical (unpaired) electrons. The normalized spacial score (nSPS) is 29.1. The highest BCUT2D eigenvalue weighted by molar-refractivity contribution is 5.84. The van der Waals surface area contributed by atoms with Gasteiger partial charge in [0, 0.05) is 31.5 Å². The fraction of sp³-hybridized carbons (Fsp3) is 0.667. The van der Waals surface area contributed by atoms with Crippen molar-refractivity contribution >= 4 is 5.91 Å². The Bertz CT molecular complexity index is 529. The number of nitrogens with one attached hydrogen (secondary N) is 1. The van der Waals surface area contributed by atoms with Gasteiger partial charge in [0.2, 0.25) is 5.88 Å². The van der Waals surface area contributed by atoms with Gasteiger partial charge in [0.15, 0.2) is 6.10 Å². The first-order valence-corrected chi connectivity index (χ1v) is 7.81. The maximum Gasteiger partial charge on any atom is 0.264 e. The first-order chi connectivity index (χ1) is 10.3. The SMILES string of the molecule is O=C1[C@H](Oc2cnc(C3CC3)cn2)C[C@H]2CNCCCN12. The number of ether oxygens (including phenoxy) is 1. The van der Waals surface area contributed by atoms with Crippen LogP contribution in [0.1, 0.15) is 37.3 Å². The van der Waals surface area contributed by atoms with Gasteiger partial charge in [-0.3, -0.25) is 9.78 Å². The van der Waals surface area contributed by atoms with Gasteiger partial charge in [-0.05, 0) is 25.8 Å². The van der Waals surface area contributed by atoms with Crippen LogP contribution in [0.25, 0.3) is 0 Å². The largest absolute Gasteiger partial charge is 0.463 e. The minimum Gasteiger partial charge on any atom is -0.463 e. The molecule has 6 nitrogen and oxygen atoms in total. The van der Waals surface area contributed by atoms with Crippen molar-refractivity contribution < 1.29 is 9.53 Å². The molecule has 21 heavy (non-hydrogen) atoms. The van der Waals surface area contributed by atoms with Crippen molar-refractivity contribution in [3.05, 3.63) is 18.1 Å². The lowest BCUT2D eigenvalue weighted by atomic mass is 10.2. The molecule has 3 aliphatic rings. The topological polar surface area (TPSA) is 67.3 Å². The van der Waals surface area contributed by atoms with E-state index in [0.717, 1.165) is 38.2 Å². The van der Waals surface area contributed by atoms with Gasteiger partial charge in [0.1, 0.15) is 0 Å². The molecule has 2 atom stereocenters. The van der Waals surface area contributed by atoms with Gasteiger partial charge in [-0.15, -0.1) is 0 Å². The molecule has 1 aromatic rings. The van der Waals surface area contributed by atoms with Crippen LogP contribution in [0.4, 0.5) is 0 Å². The Morgan fingerprint density at radius 1 is 1.29 bits per heavy atom. The third kappa shape index (κ3) is 2.60. The van der Waals surface area contributed by atoms with Gasteiger partial charge in [0.05, 0.1) is 18.1 Å². The summed E-state index contributed by atoms with van der Waals surface area (Å²) in [5, 5.41) is 3.37. The second-order valence-corrected chi connectivity index (χ2v) is 6.14. The van der Waals surface area contributed by atoms with E-state index in [1.165, 1.54) is 12.8 Å². The van der Waals surface area contributed by atoms with Gasteiger partial charge in [0.25, 0.3) is 5.91 Å². The minimum atomic E-state index is -0.407. The van der Waals surface area contributed by atoms with E-state index in [1.807, 2.05) is 4.90 Å². The molecule has 0 unspecified atom stereocenters. The summed E-state index contributed by atoms with van der Waals surface area (Å²) < 4.78 is 5.78. The van der Waals surface area contributed by atoms with E-state index in [-0.39, 0.29) is 11.9 Å². The zero-order valence-electron chi connectivity index (χ0n) is 12.0. The zero-order valence-corrected chi connectivity index (χ0v) is 12.0. The number of carbonyl (C=O) groups is 1. The Balaban J connectivity index is 1.43. The molecule has 3 heterocycles. The third-order valence-electron chi connectivity index (χ3n) is 4.52. The second kappa shape index (κ2) is 5.26. The Labute approximate surface area is 123 Å². The highest BCUT2D eigenvalue weighted by Gasteiger charge is 2.41. The number of hydrogen-bond acceptors (Lipinski definition) is 5. The van der Waals surface area contributed by atoms with Crippen molar-refractivity contribution in [3.8, 4) is 5.88 Å². The van der Waals surface area contributed by atoms with E-state index in [9.17, 15) is 4.79 Å². The smallest absolute Gasteiger partial charge is 0.264 e. The summed E-state index contributed by atoms with van der Waals surface area (Å²) in [6.07, 6.45) is 7.19. The summed E-state index contributed by atoms with van der Waals surface area (Å²) in [5.74, 6) is 1.14. The first kappa shape index (κ1) is 13.0. The van der Waals surface area contributed by atoms with Crippen LogP contribution in [0.2, 0.25) is 0 Å². The quantitative estimate of drug-likeness (QED) is 0.886. The molecule has 4 rings (SSSR count). The van der Waals surface area contributed by atoms with Crippen LogP contribution in [0.5, 0.6) is 5.88 Å². The van der Waals surface area contributed by atoms with Crippen molar-refractivity contribution in [2.24, 2.45) is 0 Å². The van der Waals surface area contributed by atoms with Crippen LogP contribution in [-0.2, 0) is 4.79 Å². The molecule has 1 aliphatic carbocycles. The second-order valence-electron chi connectivity index (χ2n) is 6.14. The number of nitrogens with zero attached hydrogens (tertiary/aromatic N) is 3. The van der Waals surface area contributed by atoms with Crippen LogP contribution in [-0.4, -0.2) is 52.6 Å². The van der Waals surface area contributed by atoms with Crippen molar-refractivity contribution in [3.63, 3.8) is 0 Å². The molecule has 1 aromatic heterocycles. The summed E-state index contributed by atoms with van der Waals surface area (Å²) in [4.78, 5) is 23.1. The minimum absolute atomic E-state index is 0.0942. The van der Waals surface area contributed by atoms with Crippen molar-refractivity contribution in [1.82, 2.24) is 20.2 Å². The lowest BCUT2D eigenvalue weighted by Gasteiger charge is -2.20. The average Bonchev–Trinajstić information content (AvgIpc) is 3.31. The summed E-state index contributed by atoms with van der Waals surface area (Å²) in [5.41, 5.74) is 1.04. The van der Waals surface area contributed by atoms with Crippen LogP contribution >= 0.6 is 0 Å². The molecule has 6 heteroatoms. The number of fused-ring (bicyclic) bond motifs is 1. The molecular formula is C15H20N4O2. The zero-order chi connectivity index (χ0) is 14.2. The molecule has 1 amide bonds. The van der Waals surface area contributed by atoms with Gasteiger partial charge in [-0.25, -0.2) is 4.98 Å². The maximum atomic E-state index is 12.4. The molecule has 0 aromatic carbocycles. The summed E-state index contributed by atoms with van der Waals surface area (Å²) in [6, 6.07) is 0.253. The number of carbonyl (C=O) groups excluding carboxylic acids is 1. The van der Waals surface area contributed by atoms with Crippen LogP contribution < -0.4 is 10.1 Å². The molecule has 3 fully saturated rings. The predicted octanol–water partition coefficient (Wildman–Crippen LogP) is 0.696. The van der Waals surface area contributed by atoms with Gasteiger partial charge < -0.3 is 15.0 Å². The van der Waals surface area contributed by atoms with Crippen LogP contribution in [0.3, 0.4) is 0 Å². The Morgan fingerprint density at radius 3 is 2.95 bits per heavy atom. The van der Waals surface area contributed by atoms with Gasteiger partial charge in [-0.2, -0.15) is 0 Å². The first-order valence-electron chi connectivity index (χ1n) is 7.81. The van der Waals surface area contributed by atoms with E-state index in [1.54, 1.807) is 12.4 Å². The van der Waals surface area contributed by atoms with E-state index in [0.29, 0.717) is 11.8 Å². The Kier molecular flexibility index (Phi) is 3.25.